The fourth-order valence-corrected chi connectivity index (χ4v) is 1.98. The van der Waals surface area contributed by atoms with E-state index in [2.05, 4.69) is 12.2 Å². The van der Waals surface area contributed by atoms with Crippen LogP contribution in [0.1, 0.15) is 36.2 Å². The first-order valence-corrected chi connectivity index (χ1v) is 6.88. The maximum absolute atomic E-state index is 12.3. The second-order valence-corrected chi connectivity index (χ2v) is 4.56. The summed E-state index contributed by atoms with van der Waals surface area (Å²) in [5.74, 6) is -0.0175. The van der Waals surface area contributed by atoms with Crippen molar-refractivity contribution in [3.05, 3.63) is 29.3 Å². The van der Waals surface area contributed by atoms with Crippen molar-refractivity contribution >= 4 is 11.6 Å². The van der Waals surface area contributed by atoms with Crippen LogP contribution < -0.4 is 5.32 Å². The highest BCUT2D eigenvalue weighted by Crippen LogP contribution is 2.17. The minimum absolute atomic E-state index is 0.00519. The third-order valence-electron chi connectivity index (χ3n) is 3.07. The second-order valence-electron chi connectivity index (χ2n) is 4.56. The molecule has 1 amide bonds. The van der Waals surface area contributed by atoms with Crippen LogP contribution in [0.25, 0.3) is 0 Å². The van der Waals surface area contributed by atoms with Gasteiger partial charge in [0, 0.05) is 30.9 Å². The number of anilines is 1. The van der Waals surface area contributed by atoms with Gasteiger partial charge in [0.05, 0.1) is 6.61 Å². The summed E-state index contributed by atoms with van der Waals surface area (Å²) < 4.78 is 0. The molecule has 0 unspecified atom stereocenters. The van der Waals surface area contributed by atoms with E-state index in [0.717, 1.165) is 24.2 Å². The summed E-state index contributed by atoms with van der Waals surface area (Å²) in [6.07, 6.45) is 1.07. The Balaban J connectivity index is 2.85. The summed E-state index contributed by atoms with van der Waals surface area (Å²) in [6.45, 7) is 7.88. The molecule has 1 rings (SSSR count). The van der Waals surface area contributed by atoms with E-state index in [-0.39, 0.29) is 12.5 Å². The Labute approximate surface area is 115 Å². The normalized spacial score (nSPS) is 10.3. The molecule has 0 saturated heterocycles. The van der Waals surface area contributed by atoms with E-state index in [1.54, 1.807) is 4.90 Å². The van der Waals surface area contributed by atoms with Crippen molar-refractivity contribution in [3.8, 4) is 0 Å². The van der Waals surface area contributed by atoms with Crippen LogP contribution in [0.3, 0.4) is 0 Å². The van der Waals surface area contributed by atoms with Gasteiger partial charge in [-0.3, -0.25) is 4.79 Å². The third-order valence-corrected chi connectivity index (χ3v) is 3.07. The van der Waals surface area contributed by atoms with Crippen LogP contribution in [-0.2, 0) is 0 Å². The Hall–Kier alpha value is -1.55. The first kappa shape index (κ1) is 15.5. The minimum atomic E-state index is -0.0175. The molecule has 0 saturated carbocycles. The molecule has 4 nitrogen and oxygen atoms in total. The number of amides is 1. The molecule has 0 fully saturated rings. The Morgan fingerprint density at radius 3 is 2.63 bits per heavy atom. The van der Waals surface area contributed by atoms with Gasteiger partial charge in [-0.05, 0) is 44.0 Å². The van der Waals surface area contributed by atoms with Crippen LogP contribution >= 0.6 is 0 Å². The van der Waals surface area contributed by atoms with Crippen molar-refractivity contribution in [2.75, 3.05) is 31.6 Å². The molecule has 0 aliphatic rings. The molecule has 4 heteroatoms. The maximum Gasteiger partial charge on any atom is 0.254 e. The number of aliphatic hydroxyl groups excluding tert-OH is 1. The average Bonchev–Trinajstić information content (AvgIpc) is 2.42. The highest BCUT2D eigenvalue weighted by Gasteiger charge is 2.15. The Bertz CT molecular complexity index is 419. The molecule has 1 aromatic carbocycles. The van der Waals surface area contributed by atoms with Gasteiger partial charge in [0.25, 0.3) is 5.91 Å². The Kier molecular flexibility index (Phi) is 6.36. The van der Waals surface area contributed by atoms with Crippen molar-refractivity contribution in [1.82, 2.24) is 4.90 Å². The average molecular weight is 264 g/mol. The van der Waals surface area contributed by atoms with Crippen molar-refractivity contribution in [2.24, 2.45) is 0 Å². The molecule has 2 N–H and O–H groups in total. The molecule has 0 aliphatic heterocycles. The smallest absolute Gasteiger partial charge is 0.254 e. The van der Waals surface area contributed by atoms with Gasteiger partial charge in [-0.2, -0.15) is 0 Å². The van der Waals surface area contributed by atoms with E-state index in [4.69, 9.17) is 5.11 Å². The SMILES string of the molecule is CCCNc1ccc(C(=O)N(CC)CCO)c(C)c1. The summed E-state index contributed by atoms with van der Waals surface area (Å²) in [5, 5.41) is 12.3. The Morgan fingerprint density at radius 1 is 1.37 bits per heavy atom. The van der Waals surface area contributed by atoms with Crippen LogP contribution in [-0.4, -0.2) is 42.2 Å². The summed E-state index contributed by atoms with van der Waals surface area (Å²) in [7, 11) is 0. The number of aliphatic hydroxyl groups is 1. The van der Waals surface area contributed by atoms with Gasteiger partial charge >= 0.3 is 0 Å². The number of nitrogens with zero attached hydrogens (tertiary/aromatic N) is 1. The summed E-state index contributed by atoms with van der Waals surface area (Å²) in [6, 6.07) is 5.79. The molecule has 106 valence electrons. The zero-order chi connectivity index (χ0) is 14.3. The van der Waals surface area contributed by atoms with E-state index >= 15 is 0 Å². The van der Waals surface area contributed by atoms with E-state index in [0.29, 0.717) is 18.7 Å². The molecule has 0 aliphatic carbocycles. The zero-order valence-electron chi connectivity index (χ0n) is 12.1. The minimum Gasteiger partial charge on any atom is -0.395 e. The number of rotatable bonds is 7. The number of hydrogen-bond donors (Lipinski definition) is 2. The summed E-state index contributed by atoms with van der Waals surface area (Å²) in [5.41, 5.74) is 2.71. The van der Waals surface area contributed by atoms with E-state index < -0.39 is 0 Å². The number of carbonyl (C=O) groups is 1. The van der Waals surface area contributed by atoms with Gasteiger partial charge in [0.15, 0.2) is 0 Å². The lowest BCUT2D eigenvalue weighted by Crippen LogP contribution is -2.33. The van der Waals surface area contributed by atoms with E-state index in [1.807, 2.05) is 32.0 Å². The fraction of sp³-hybridized carbons (Fsp3) is 0.533. The molecular weight excluding hydrogens is 240 g/mol. The molecule has 0 radical (unpaired) electrons. The number of aryl methyl sites for hydroxylation is 1. The number of hydrogen-bond acceptors (Lipinski definition) is 3. The van der Waals surface area contributed by atoms with Gasteiger partial charge in [0.1, 0.15) is 0 Å². The Morgan fingerprint density at radius 2 is 2.11 bits per heavy atom. The molecule has 0 spiro atoms. The monoisotopic (exact) mass is 264 g/mol. The quantitative estimate of drug-likeness (QED) is 0.794. The van der Waals surface area contributed by atoms with Gasteiger partial charge in [-0.1, -0.05) is 6.92 Å². The number of nitrogens with one attached hydrogen (secondary N) is 1. The van der Waals surface area contributed by atoms with Gasteiger partial charge in [0.2, 0.25) is 0 Å². The molecule has 1 aromatic rings. The molecule has 0 heterocycles. The second kappa shape index (κ2) is 7.79. The van der Waals surface area contributed by atoms with Gasteiger partial charge in [-0.25, -0.2) is 0 Å². The first-order chi connectivity index (χ1) is 9.13. The third kappa shape index (κ3) is 4.24. The van der Waals surface area contributed by atoms with Crippen LogP contribution in [0.5, 0.6) is 0 Å². The van der Waals surface area contributed by atoms with Crippen molar-refractivity contribution in [2.45, 2.75) is 27.2 Å². The number of carbonyl (C=O) groups excluding carboxylic acids is 1. The predicted octanol–water partition coefficient (Wildman–Crippen LogP) is 2.27. The van der Waals surface area contributed by atoms with Gasteiger partial charge < -0.3 is 15.3 Å². The highest BCUT2D eigenvalue weighted by atomic mass is 16.3. The summed E-state index contributed by atoms with van der Waals surface area (Å²) >= 11 is 0. The van der Waals surface area contributed by atoms with Crippen LogP contribution in [0.2, 0.25) is 0 Å². The van der Waals surface area contributed by atoms with E-state index in [9.17, 15) is 4.79 Å². The lowest BCUT2D eigenvalue weighted by atomic mass is 10.1. The molecule has 19 heavy (non-hydrogen) atoms. The largest absolute Gasteiger partial charge is 0.395 e. The fourth-order valence-electron chi connectivity index (χ4n) is 1.98. The zero-order valence-corrected chi connectivity index (χ0v) is 12.1. The first-order valence-electron chi connectivity index (χ1n) is 6.88. The van der Waals surface area contributed by atoms with Crippen LogP contribution in [0.15, 0.2) is 18.2 Å². The lowest BCUT2D eigenvalue weighted by Gasteiger charge is -2.21. The van der Waals surface area contributed by atoms with Crippen molar-refractivity contribution < 1.29 is 9.90 Å². The topological polar surface area (TPSA) is 52.6 Å². The molecular formula is C15H24N2O2. The van der Waals surface area contributed by atoms with E-state index in [1.165, 1.54) is 0 Å². The standard InChI is InChI=1S/C15H24N2O2/c1-4-8-16-13-6-7-14(12(3)11-13)15(19)17(5-2)9-10-18/h6-7,11,16,18H,4-5,8-10H2,1-3H3. The summed E-state index contributed by atoms with van der Waals surface area (Å²) in [4.78, 5) is 14.0. The predicted molar refractivity (Wildman–Crippen MR) is 78.6 cm³/mol. The molecule has 0 bridgehead atoms. The van der Waals surface area contributed by atoms with Crippen LogP contribution in [0, 0.1) is 6.92 Å². The van der Waals surface area contributed by atoms with Crippen molar-refractivity contribution in [3.63, 3.8) is 0 Å². The number of likely N-dealkylation sites (N-methyl/N-ethyl adjacent to an activating group) is 1. The molecule has 0 aromatic heterocycles. The highest BCUT2D eigenvalue weighted by molar-refractivity contribution is 5.96. The van der Waals surface area contributed by atoms with Crippen LogP contribution in [0.4, 0.5) is 5.69 Å². The lowest BCUT2D eigenvalue weighted by molar-refractivity contribution is 0.0731. The van der Waals surface area contributed by atoms with Gasteiger partial charge in [-0.15, -0.1) is 0 Å². The molecule has 0 atom stereocenters. The van der Waals surface area contributed by atoms with Crippen molar-refractivity contribution in [1.29, 1.82) is 0 Å². The maximum atomic E-state index is 12.3. The number of benzene rings is 1.